The van der Waals surface area contributed by atoms with E-state index in [4.69, 9.17) is 0 Å². The second-order valence-electron chi connectivity index (χ2n) is 6.62. The minimum absolute atomic E-state index is 0.0563. The van der Waals surface area contributed by atoms with Crippen LogP contribution in [0, 0.1) is 32.5 Å². The quantitative estimate of drug-likeness (QED) is 0.925. The van der Waals surface area contributed by atoms with Crippen molar-refractivity contribution in [2.75, 3.05) is 16.8 Å². The van der Waals surface area contributed by atoms with Gasteiger partial charge in [-0.25, -0.2) is 4.39 Å². The van der Waals surface area contributed by atoms with Crippen LogP contribution in [0.2, 0.25) is 0 Å². The molecule has 130 valence electrons. The van der Waals surface area contributed by atoms with Gasteiger partial charge in [-0.3, -0.25) is 9.59 Å². The van der Waals surface area contributed by atoms with Gasteiger partial charge < -0.3 is 10.2 Å². The molecule has 0 aromatic heterocycles. The lowest BCUT2D eigenvalue weighted by molar-refractivity contribution is -0.122. The molecule has 1 aliphatic rings. The van der Waals surface area contributed by atoms with Crippen LogP contribution < -0.4 is 10.2 Å². The number of anilines is 2. The first-order valence-electron chi connectivity index (χ1n) is 8.30. The van der Waals surface area contributed by atoms with Gasteiger partial charge in [0.25, 0.3) is 0 Å². The number of carbonyl (C=O) groups is 2. The van der Waals surface area contributed by atoms with Crippen LogP contribution in [0.25, 0.3) is 0 Å². The van der Waals surface area contributed by atoms with Crippen LogP contribution >= 0.6 is 0 Å². The Morgan fingerprint density at radius 3 is 2.52 bits per heavy atom. The molecule has 2 aromatic carbocycles. The van der Waals surface area contributed by atoms with Crippen LogP contribution in [-0.4, -0.2) is 18.4 Å². The predicted molar refractivity (Wildman–Crippen MR) is 96.1 cm³/mol. The fourth-order valence-corrected chi connectivity index (χ4v) is 3.03. The number of amides is 2. The van der Waals surface area contributed by atoms with Crippen molar-refractivity contribution in [2.24, 2.45) is 5.92 Å². The van der Waals surface area contributed by atoms with Crippen LogP contribution in [0.3, 0.4) is 0 Å². The predicted octanol–water partition coefficient (Wildman–Crippen LogP) is 3.74. The Hall–Kier alpha value is -2.69. The molecule has 0 unspecified atom stereocenters. The average Bonchev–Trinajstić information content (AvgIpc) is 2.95. The van der Waals surface area contributed by atoms with E-state index in [9.17, 15) is 14.0 Å². The van der Waals surface area contributed by atoms with Crippen LogP contribution in [0.15, 0.2) is 36.4 Å². The lowest BCUT2D eigenvalue weighted by Crippen LogP contribution is -2.28. The van der Waals surface area contributed by atoms with E-state index in [1.165, 1.54) is 12.1 Å². The monoisotopic (exact) mass is 340 g/mol. The van der Waals surface area contributed by atoms with Crippen molar-refractivity contribution in [1.82, 2.24) is 0 Å². The third-order valence-electron chi connectivity index (χ3n) is 4.74. The van der Waals surface area contributed by atoms with E-state index >= 15 is 0 Å². The van der Waals surface area contributed by atoms with E-state index in [-0.39, 0.29) is 24.1 Å². The molecule has 1 N–H and O–H groups in total. The second kappa shape index (κ2) is 6.67. The molecule has 2 amide bonds. The van der Waals surface area contributed by atoms with Crippen molar-refractivity contribution >= 4 is 23.2 Å². The summed E-state index contributed by atoms with van der Waals surface area (Å²) in [7, 11) is 0. The summed E-state index contributed by atoms with van der Waals surface area (Å²) in [5, 5.41) is 2.81. The van der Waals surface area contributed by atoms with Crippen molar-refractivity contribution < 1.29 is 14.0 Å². The molecule has 0 bridgehead atoms. The number of carbonyl (C=O) groups excluding carboxylic acids is 2. The number of hydrogen-bond donors (Lipinski definition) is 1. The minimum Gasteiger partial charge on any atom is -0.326 e. The molecule has 5 heteroatoms. The maximum absolute atomic E-state index is 13.2. The van der Waals surface area contributed by atoms with E-state index in [0.29, 0.717) is 17.8 Å². The number of nitrogens with zero attached hydrogens (tertiary/aromatic N) is 1. The molecule has 0 radical (unpaired) electrons. The lowest BCUT2D eigenvalue weighted by atomic mass is 10.1. The molecule has 1 aliphatic heterocycles. The van der Waals surface area contributed by atoms with Gasteiger partial charge in [0.05, 0.1) is 5.92 Å². The van der Waals surface area contributed by atoms with E-state index < -0.39 is 5.92 Å². The number of hydrogen-bond acceptors (Lipinski definition) is 2. The fraction of sp³-hybridized carbons (Fsp3) is 0.300. The molecule has 1 fully saturated rings. The van der Waals surface area contributed by atoms with Crippen molar-refractivity contribution in [1.29, 1.82) is 0 Å². The summed E-state index contributed by atoms with van der Waals surface area (Å²) in [5.41, 5.74) is 4.32. The summed E-state index contributed by atoms with van der Waals surface area (Å²) in [4.78, 5) is 26.5. The zero-order chi connectivity index (χ0) is 18.1. The summed E-state index contributed by atoms with van der Waals surface area (Å²) in [6.07, 6.45) is 0.180. The molecule has 0 saturated carbocycles. The average molecular weight is 340 g/mol. The van der Waals surface area contributed by atoms with E-state index in [1.54, 1.807) is 17.9 Å². The van der Waals surface area contributed by atoms with Crippen LogP contribution in [0.4, 0.5) is 15.8 Å². The Kier molecular flexibility index (Phi) is 4.57. The third-order valence-corrected chi connectivity index (χ3v) is 4.74. The minimum atomic E-state index is -0.418. The van der Waals surface area contributed by atoms with E-state index in [1.807, 2.05) is 32.0 Å². The summed E-state index contributed by atoms with van der Waals surface area (Å²) in [6.45, 7) is 6.11. The Bertz CT molecular complexity index is 848. The number of benzene rings is 2. The second-order valence-corrected chi connectivity index (χ2v) is 6.62. The standard InChI is InChI=1S/C20H21FN2O2/c1-12-4-6-17(9-13(12)2)23-11-15(10-19(23)24)20(25)22-18-7-5-16(21)8-14(18)3/h4-9,15H,10-11H2,1-3H3,(H,22,25)/t15-/m1/s1. The first kappa shape index (κ1) is 17.1. The molecule has 0 spiro atoms. The Morgan fingerprint density at radius 2 is 1.84 bits per heavy atom. The highest BCUT2D eigenvalue weighted by atomic mass is 19.1. The number of rotatable bonds is 3. The summed E-state index contributed by atoms with van der Waals surface area (Å²) in [5.74, 6) is -1.03. The molecule has 4 nitrogen and oxygen atoms in total. The van der Waals surface area contributed by atoms with E-state index in [2.05, 4.69) is 5.32 Å². The van der Waals surface area contributed by atoms with E-state index in [0.717, 1.165) is 16.8 Å². The topological polar surface area (TPSA) is 49.4 Å². The van der Waals surface area contributed by atoms with Gasteiger partial charge in [0, 0.05) is 24.3 Å². The zero-order valence-electron chi connectivity index (χ0n) is 14.6. The first-order valence-corrected chi connectivity index (χ1v) is 8.30. The van der Waals surface area contributed by atoms with Crippen LogP contribution in [0.5, 0.6) is 0 Å². The summed E-state index contributed by atoms with van der Waals surface area (Å²) >= 11 is 0. The number of nitrogens with one attached hydrogen (secondary N) is 1. The van der Waals surface area contributed by atoms with Gasteiger partial charge in [-0.15, -0.1) is 0 Å². The highest BCUT2D eigenvalue weighted by Crippen LogP contribution is 2.28. The summed E-state index contributed by atoms with van der Waals surface area (Å²) < 4.78 is 13.2. The van der Waals surface area contributed by atoms with Crippen molar-refractivity contribution in [3.8, 4) is 0 Å². The molecular weight excluding hydrogens is 319 g/mol. The molecule has 0 aliphatic carbocycles. The van der Waals surface area contributed by atoms with Crippen molar-refractivity contribution in [3.63, 3.8) is 0 Å². The molecule has 25 heavy (non-hydrogen) atoms. The van der Waals surface area contributed by atoms with Crippen LogP contribution in [-0.2, 0) is 9.59 Å². The molecule has 1 atom stereocenters. The maximum atomic E-state index is 13.2. The molecular formula is C20H21FN2O2. The van der Waals surface area contributed by atoms with Crippen molar-refractivity contribution in [2.45, 2.75) is 27.2 Å². The van der Waals surface area contributed by atoms with Gasteiger partial charge in [0.15, 0.2) is 0 Å². The zero-order valence-corrected chi connectivity index (χ0v) is 14.6. The Morgan fingerprint density at radius 1 is 1.08 bits per heavy atom. The Labute approximate surface area is 146 Å². The normalized spacial score (nSPS) is 17.0. The van der Waals surface area contributed by atoms with Gasteiger partial charge in [-0.2, -0.15) is 0 Å². The third kappa shape index (κ3) is 3.55. The SMILES string of the molecule is Cc1ccc(N2C[C@H](C(=O)Nc3ccc(F)cc3C)CC2=O)cc1C. The molecule has 2 aromatic rings. The molecule has 1 heterocycles. The van der Waals surface area contributed by atoms with Crippen molar-refractivity contribution in [3.05, 3.63) is 58.9 Å². The van der Waals surface area contributed by atoms with Gasteiger partial charge in [0.2, 0.25) is 11.8 Å². The Balaban J connectivity index is 1.73. The highest BCUT2D eigenvalue weighted by Gasteiger charge is 2.35. The van der Waals surface area contributed by atoms with Gasteiger partial charge >= 0.3 is 0 Å². The summed E-state index contributed by atoms with van der Waals surface area (Å²) in [6, 6.07) is 10.1. The number of halogens is 1. The maximum Gasteiger partial charge on any atom is 0.229 e. The lowest BCUT2D eigenvalue weighted by Gasteiger charge is -2.18. The largest absolute Gasteiger partial charge is 0.326 e. The molecule has 1 saturated heterocycles. The van der Waals surface area contributed by atoms with Gasteiger partial charge in [-0.1, -0.05) is 6.07 Å². The fourth-order valence-electron chi connectivity index (χ4n) is 3.03. The van der Waals surface area contributed by atoms with Gasteiger partial charge in [0.1, 0.15) is 5.82 Å². The van der Waals surface area contributed by atoms with Crippen LogP contribution in [0.1, 0.15) is 23.1 Å². The molecule has 3 rings (SSSR count). The van der Waals surface area contributed by atoms with Gasteiger partial charge in [-0.05, 0) is 67.8 Å². The smallest absolute Gasteiger partial charge is 0.229 e. The first-order chi connectivity index (χ1) is 11.8. The highest BCUT2D eigenvalue weighted by molar-refractivity contribution is 6.03. The number of aryl methyl sites for hydroxylation is 3.